The minimum absolute atomic E-state index is 0. The third kappa shape index (κ3) is 24.5. The molecule has 0 aliphatic rings. The monoisotopic (exact) mass is 526 g/mol. The molecule has 1 unspecified atom stereocenters. The van der Waals surface area contributed by atoms with Gasteiger partial charge in [-0.2, -0.15) is 8.42 Å². The second-order valence-corrected chi connectivity index (χ2v) is 11.1. The van der Waals surface area contributed by atoms with Crippen molar-refractivity contribution in [2.24, 2.45) is 11.8 Å². The maximum Gasteiger partial charge on any atom is 1.00 e. The summed E-state index contributed by atoms with van der Waals surface area (Å²) in [6.07, 6.45) is 11.5. The van der Waals surface area contributed by atoms with Gasteiger partial charge in [0, 0.05) is 0 Å². The fourth-order valence-electron chi connectivity index (χ4n) is 3.34. The zero-order valence-electron chi connectivity index (χ0n) is 24.6. The molecule has 1 atom stereocenters. The van der Waals surface area contributed by atoms with Crippen LogP contribution in [0.2, 0.25) is 0 Å². The average molecular weight is 527 g/mol. The number of carbonyl (C=O) groups excluding carboxylic acids is 2. The summed E-state index contributed by atoms with van der Waals surface area (Å²) in [5.74, 6) is -0.526. The minimum atomic E-state index is -4.75. The van der Waals surface area contributed by atoms with E-state index in [0.29, 0.717) is 24.7 Å². The molecule has 0 heterocycles. The maximum absolute atomic E-state index is 12.1. The number of unbranched alkanes of at least 4 members (excludes halogenated alkanes) is 8. The van der Waals surface area contributed by atoms with Crippen molar-refractivity contribution in [1.82, 2.24) is 0 Å². The third-order valence-corrected chi connectivity index (χ3v) is 6.41. The van der Waals surface area contributed by atoms with Gasteiger partial charge in [0.1, 0.15) is 0 Å². The van der Waals surface area contributed by atoms with E-state index in [2.05, 4.69) is 27.7 Å². The number of esters is 2. The zero-order chi connectivity index (χ0) is 24.4. The standard InChI is InChI=1S/C24H46O7S.2Na.2H/c1-20(2)15-11-7-5-9-13-17-30-23(25)19-22(32(27,28)29)24(26)31-18-14-10-6-8-12-16-21(3)4;;;;/h20-22H,5-19H2,1-4H3,(H,27,28,29);;;;/q;2*+1;2*-1. The van der Waals surface area contributed by atoms with Gasteiger partial charge in [0.05, 0.1) is 19.6 Å². The fourth-order valence-corrected chi connectivity index (χ4v) is 4.00. The van der Waals surface area contributed by atoms with Crippen molar-refractivity contribution >= 4 is 22.1 Å². The van der Waals surface area contributed by atoms with E-state index in [9.17, 15) is 22.6 Å². The first-order valence-electron chi connectivity index (χ1n) is 12.3. The number of rotatable bonds is 20. The second-order valence-electron chi connectivity index (χ2n) is 9.50. The largest absolute Gasteiger partial charge is 1.00 e. The van der Waals surface area contributed by atoms with Crippen molar-refractivity contribution in [3.8, 4) is 0 Å². The first-order chi connectivity index (χ1) is 15.0. The van der Waals surface area contributed by atoms with E-state index in [1.165, 1.54) is 25.7 Å². The van der Waals surface area contributed by atoms with Crippen molar-refractivity contribution in [3.63, 3.8) is 0 Å². The minimum Gasteiger partial charge on any atom is -1.00 e. The molecule has 0 amide bonds. The van der Waals surface area contributed by atoms with Crippen molar-refractivity contribution in [1.29, 1.82) is 0 Å². The molecule has 0 bridgehead atoms. The average Bonchev–Trinajstić information content (AvgIpc) is 2.68. The Morgan fingerprint density at radius 1 is 0.706 bits per heavy atom. The molecule has 1 N–H and O–H groups in total. The summed E-state index contributed by atoms with van der Waals surface area (Å²) in [6, 6.07) is 0. The number of hydrogen-bond acceptors (Lipinski definition) is 6. The molecular formula is C24H48Na2O7S. The Morgan fingerprint density at radius 3 is 1.50 bits per heavy atom. The summed E-state index contributed by atoms with van der Waals surface area (Å²) in [5.41, 5.74) is 0. The molecule has 0 rings (SSSR count). The van der Waals surface area contributed by atoms with Gasteiger partial charge in [-0.05, 0) is 24.7 Å². The van der Waals surface area contributed by atoms with Gasteiger partial charge in [-0.1, -0.05) is 91.9 Å². The molecule has 0 aliphatic carbocycles. The van der Waals surface area contributed by atoms with Crippen molar-refractivity contribution < 1.29 is 94.0 Å². The Kier molecular flexibility index (Phi) is 28.0. The van der Waals surface area contributed by atoms with Gasteiger partial charge >= 0.3 is 71.1 Å². The Hall–Kier alpha value is 0.850. The van der Waals surface area contributed by atoms with Crippen molar-refractivity contribution in [2.45, 2.75) is 116 Å². The van der Waals surface area contributed by atoms with Crippen LogP contribution in [0.5, 0.6) is 0 Å². The number of ether oxygens (including phenoxy) is 2. The van der Waals surface area contributed by atoms with Crippen LogP contribution in [0.4, 0.5) is 0 Å². The first-order valence-corrected chi connectivity index (χ1v) is 13.8. The predicted octanol–water partition coefficient (Wildman–Crippen LogP) is -0.0545. The summed E-state index contributed by atoms with van der Waals surface area (Å²) < 4.78 is 42.4. The van der Waals surface area contributed by atoms with Gasteiger partial charge < -0.3 is 12.3 Å². The maximum atomic E-state index is 12.1. The van der Waals surface area contributed by atoms with Crippen LogP contribution >= 0.6 is 0 Å². The van der Waals surface area contributed by atoms with Gasteiger partial charge in [0.25, 0.3) is 10.1 Å². The van der Waals surface area contributed by atoms with Gasteiger partial charge in [-0.15, -0.1) is 0 Å². The zero-order valence-corrected chi connectivity index (χ0v) is 27.5. The van der Waals surface area contributed by atoms with Crippen LogP contribution in [0, 0.1) is 11.8 Å². The van der Waals surface area contributed by atoms with Gasteiger partial charge in [-0.3, -0.25) is 14.1 Å². The van der Waals surface area contributed by atoms with Crippen LogP contribution in [0.15, 0.2) is 0 Å². The van der Waals surface area contributed by atoms with E-state index in [1.54, 1.807) is 0 Å². The molecule has 0 saturated heterocycles. The molecule has 0 aromatic rings. The molecule has 10 heteroatoms. The molecule has 0 aromatic carbocycles. The van der Waals surface area contributed by atoms with Crippen LogP contribution in [0.1, 0.15) is 114 Å². The molecule has 0 spiro atoms. The van der Waals surface area contributed by atoms with Crippen LogP contribution < -0.4 is 59.1 Å². The third-order valence-electron chi connectivity index (χ3n) is 5.33. The van der Waals surface area contributed by atoms with Gasteiger partial charge in [0.2, 0.25) is 0 Å². The fraction of sp³-hybridized carbons (Fsp3) is 0.917. The second kappa shape index (κ2) is 24.2. The number of carbonyl (C=O) groups is 2. The molecule has 0 saturated carbocycles. The first kappa shape index (κ1) is 39.4. The molecule has 194 valence electrons. The summed E-state index contributed by atoms with van der Waals surface area (Å²) in [6.45, 7) is 9.03. The quantitative estimate of drug-likeness (QED) is 0.103. The Bertz CT molecular complexity index is 622. The molecule has 0 fully saturated rings. The van der Waals surface area contributed by atoms with Crippen LogP contribution in [0.25, 0.3) is 0 Å². The van der Waals surface area contributed by atoms with Crippen molar-refractivity contribution in [2.75, 3.05) is 13.2 Å². The van der Waals surface area contributed by atoms with E-state index in [4.69, 9.17) is 9.47 Å². The molecule has 34 heavy (non-hydrogen) atoms. The van der Waals surface area contributed by atoms with Crippen LogP contribution in [0.3, 0.4) is 0 Å². The molecule has 7 nitrogen and oxygen atoms in total. The summed E-state index contributed by atoms with van der Waals surface area (Å²) in [4.78, 5) is 24.0. The SMILES string of the molecule is CC(C)CCCCCCCOC(=O)CC(C(=O)OCCCCCCCC(C)C)S(=O)(=O)O.[H-].[H-].[Na+].[Na+]. The summed E-state index contributed by atoms with van der Waals surface area (Å²) in [5, 5.41) is -1.93. The number of hydrogen-bond donors (Lipinski definition) is 1. The van der Waals surface area contributed by atoms with E-state index in [0.717, 1.165) is 38.5 Å². The van der Waals surface area contributed by atoms with Gasteiger partial charge in [0.15, 0.2) is 5.25 Å². The predicted molar refractivity (Wildman–Crippen MR) is 129 cm³/mol. The van der Waals surface area contributed by atoms with E-state index in [1.807, 2.05) is 0 Å². The van der Waals surface area contributed by atoms with Crippen LogP contribution in [-0.2, 0) is 29.2 Å². The smallest absolute Gasteiger partial charge is 1.00 e. The Morgan fingerprint density at radius 2 is 1.09 bits per heavy atom. The summed E-state index contributed by atoms with van der Waals surface area (Å²) in [7, 11) is -4.75. The van der Waals surface area contributed by atoms with Crippen molar-refractivity contribution in [3.05, 3.63) is 0 Å². The summed E-state index contributed by atoms with van der Waals surface area (Å²) >= 11 is 0. The molecule has 0 aliphatic heterocycles. The normalized spacial score (nSPS) is 12.1. The molecule has 0 radical (unpaired) electrons. The van der Waals surface area contributed by atoms with Crippen LogP contribution in [-0.4, -0.2) is 43.4 Å². The Balaban J connectivity index is -0.000000801. The topological polar surface area (TPSA) is 107 Å². The van der Waals surface area contributed by atoms with E-state index >= 15 is 0 Å². The van der Waals surface area contributed by atoms with E-state index < -0.39 is 33.7 Å². The Labute approximate surface area is 255 Å². The van der Waals surface area contributed by atoms with E-state index in [-0.39, 0.29) is 75.2 Å². The molecular weight excluding hydrogens is 478 g/mol. The van der Waals surface area contributed by atoms with Gasteiger partial charge in [-0.25, -0.2) is 0 Å². The molecule has 0 aromatic heterocycles.